The van der Waals surface area contributed by atoms with E-state index in [1.54, 1.807) is 0 Å². The van der Waals surface area contributed by atoms with Crippen molar-refractivity contribution in [2.75, 3.05) is 12.5 Å². The lowest BCUT2D eigenvalue weighted by Gasteiger charge is -2.06. The maximum absolute atomic E-state index is 11.2. The minimum atomic E-state index is 0.0113. The highest BCUT2D eigenvalue weighted by Crippen LogP contribution is 2.22. The molecule has 1 aromatic rings. The molecule has 0 radical (unpaired) electrons. The average molecular weight is 292 g/mol. The molecular weight excluding hydrogens is 279 g/mol. The van der Waals surface area contributed by atoms with Crippen molar-refractivity contribution in [2.45, 2.75) is 13.3 Å². The predicted molar refractivity (Wildman–Crippen MR) is 64.7 cm³/mol. The molecule has 1 rings (SSSR count). The van der Waals surface area contributed by atoms with Gasteiger partial charge in [0.05, 0.1) is 12.5 Å². The van der Waals surface area contributed by atoms with Crippen molar-refractivity contribution in [3.63, 3.8) is 0 Å². The zero-order chi connectivity index (χ0) is 11.3. The van der Waals surface area contributed by atoms with Crippen molar-refractivity contribution in [3.05, 3.63) is 28.2 Å². The largest absolute Gasteiger partial charge is 0.494 e. The van der Waals surface area contributed by atoms with Crippen molar-refractivity contribution in [1.82, 2.24) is 0 Å². The van der Waals surface area contributed by atoms with E-state index in [-0.39, 0.29) is 11.7 Å². The highest BCUT2D eigenvalue weighted by atomic mass is 79.9. The number of Topliss-reactive ketones (excluding diaryl/α,β-unsaturated/α-hetero) is 1. The van der Waals surface area contributed by atoms with Crippen molar-refractivity contribution in [2.24, 2.45) is 0 Å². The number of ketones is 1. The molecule has 0 aliphatic heterocycles. The van der Waals surface area contributed by atoms with Gasteiger partial charge in [-0.15, -0.1) is 11.6 Å². The highest BCUT2D eigenvalue weighted by Gasteiger charge is 2.05. The quantitative estimate of drug-likeness (QED) is 0.779. The summed E-state index contributed by atoms with van der Waals surface area (Å²) in [6, 6.07) is 5.63. The summed E-state index contributed by atoms with van der Waals surface area (Å²) in [6.07, 6.45) is 0.350. The van der Waals surface area contributed by atoms with Crippen LogP contribution in [0.3, 0.4) is 0 Å². The van der Waals surface area contributed by atoms with Crippen LogP contribution in [-0.4, -0.2) is 18.3 Å². The number of hydrogen-bond acceptors (Lipinski definition) is 2. The first-order valence-corrected chi connectivity index (χ1v) is 5.98. The molecule has 0 N–H and O–H groups in total. The van der Waals surface area contributed by atoms with E-state index in [0.29, 0.717) is 13.0 Å². The van der Waals surface area contributed by atoms with E-state index in [0.717, 1.165) is 15.8 Å². The second-order valence-electron chi connectivity index (χ2n) is 3.08. The molecule has 0 aliphatic carbocycles. The molecule has 0 aromatic heterocycles. The summed E-state index contributed by atoms with van der Waals surface area (Å²) in [5.41, 5.74) is 0.915. The summed E-state index contributed by atoms with van der Waals surface area (Å²) >= 11 is 8.82. The number of ether oxygens (including phenoxy) is 1. The molecule has 0 saturated carbocycles. The van der Waals surface area contributed by atoms with Gasteiger partial charge in [-0.05, 0) is 30.7 Å². The number of benzene rings is 1. The average Bonchev–Trinajstić information content (AvgIpc) is 2.17. The van der Waals surface area contributed by atoms with Gasteiger partial charge in [0.2, 0.25) is 0 Å². The Bertz CT molecular complexity index is 352. The molecule has 0 atom stereocenters. The predicted octanol–water partition coefficient (Wildman–Crippen LogP) is 3.20. The first-order valence-electron chi connectivity index (χ1n) is 4.65. The fourth-order valence-electron chi connectivity index (χ4n) is 1.25. The fraction of sp³-hybridized carbons (Fsp3) is 0.364. The van der Waals surface area contributed by atoms with Crippen LogP contribution in [0.2, 0.25) is 0 Å². The maximum Gasteiger partial charge on any atom is 0.151 e. The Hall–Kier alpha value is -0.540. The molecule has 0 spiro atoms. The van der Waals surface area contributed by atoms with Crippen LogP contribution < -0.4 is 4.74 Å². The minimum absolute atomic E-state index is 0.0113. The number of rotatable bonds is 5. The number of hydrogen-bond donors (Lipinski definition) is 0. The summed E-state index contributed by atoms with van der Waals surface area (Å²) < 4.78 is 6.28. The first-order chi connectivity index (χ1) is 7.15. The van der Waals surface area contributed by atoms with Gasteiger partial charge >= 0.3 is 0 Å². The topological polar surface area (TPSA) is 26.3 Å². The van der Waals surface area contributed by atoms with Crippen molar-refractivity contribution >= 4 is 33.3 Å². The molecule has 2 nitrogen and oxygen atoms in total. The number of alkyl halides is 1. The third-order valence-electron chi connectivity index (χ3n) is 1.79. The van der Waals surface area contributed by atoms with Crippen LogP contribution in [0.15, 0.2) is 22.7 Å². The monoisotopic (exact) mass is 290 g/mol. The second kappa shape index (κ2) is 6.13. The SMILES string of the molecule is CCOc1cc(Br)cc(CC(=O)CCl)c1. The van der Waals surface area contributed by atoms with Crippen LogP contribution in [0.25, 0.3) is 0 Å². The van der Waals surface area contributed by atoms with Gasteiger partial charge in [0.15, 0.2) is 5.78 Å². The lowest BCUT2D eigenvalue weighted by molar-refractivity contribution is -0.116. The summed E-state index contributed by atoms with van der Waals surface area (Å²) in [4.78, 5) is 11.2. The number of halogens is 2. The molecule has 15 heavy (non-hydrogen) atoms. The van der Waals surface area contributed by atoms with Crippen molar-refractivity contribution < 1.29 is 9.53 Å². The molecule has 0 bridgehead atoms. The molecule has 0 aliphatic rings. The van der Waals surface area contributed by atoms with Gasteiger partial charge in [0, 0.05) is 10.9 Å². The Kier molecular flexibility index (Phi) is 5.12. The van der Waals surface area contributed by atoms with Crippen LogP contribution in [-0.2, 0) is 11.2 Å². The molecule has 4 heteroatoms. The van der Waals surface area contributed by atoms with Crippen molar-refractivity contribution in [3.8, 4) is 5.75 Å². The molecule has 1 aromatic carbocycles. The zero-order valence-corrected chi connectivity index (χ0v) is 10.8. The molecule has 0 unspecified atom stereocenters. The Morgan fingerprint density at radius 1 is 1.47 bits per heavy atom. The van der Waals surface area contributed by atoms with Crippen LogP contribution in [0.1, 0.15) is 12.5 Å². The summed E-state index contributed by atoms with van der Waals surface area (Å²) in [5.74, 6) is 0.831. The zero-order valence-electron chi connectivity index (χ0n) is 8.43. The van der Waals surface area contributed by atoms with Gasteiger partial charge in [0.1, 0.15) is 5.75 Å². The smallest absolute Gasteiger partial charge is 0.151 e. The second-order valence-corrected chi connectivity index (χ2v) is 4.26. The molecule has 82 valence electrons. The lowest BCUT2D eigenvalue weighted by Crippen LogP contribution is -2.04. The Labute approximate surface area is 103 Å². The van der Waals surface area contributed by atoms with E-state index in [1.807, 2.05) is 25.1 Å². The Morgan fingerprint density at radius 2 is 2.20 bits per heavy atom. The number of carbonyl (C=O) groups is 1. The highest BCUT2D eigenvalue weighted by molar-refractivity contribution is 9.10. The maximum atomic E-state index is 11.2. The van der Waals surface area contributed by atoms with E-state index in [1.165, 1.54) is 0 Å². The van der Waals surface area contributed by atoms with E-state index >= 15 is 0 Å². The van der Waals surface area contributed by atoms with Gasteiger partial charge in [-0.1, -0.05) is 15.9 Å². The van der Waals surface area contributed by atoms with Crippen LogP contribution in [0, 0.1) is 0 Å². The molecule has 0 fully saturated rings. The molecule has 0 heterocycles. The fourth-order valence-corrected chi connectivity index (χ4v) is 1.86. The summed E-state index contributed by atoms with van der Waals surface area (Å²) in [5, 5.41) is 0. The minimum Gasteiger partial charge on any atom is -0.494 e. The Morgan fingerprint density at radius 3 is 2.80 bits per heavy atom. The summed E-state index contributed by atoms with van der Waals surface area (Å²) in [7, 11) is 0. The van der Waals surface area contributed by atoms with Gasteiger partial charge in [-0.25, -0.2) is 0 Å². The van der Waals surface area contributed by atoms with Crippen LogP contribution >= 0.6 is 27.5 Å². The van der Waals surface area contributed by atoms with Gasteiger partial charge in [0.25, 0.3) is 0 Å². The van der Waals surface area contributed by atoms with E-state index in [2.05, 4.69) is 15.9 Å². The molecular formula is C11H12BrClO2. The standard InChI is InChI=1S/C11H12BrClO2/c1-2-15-11-5-8(3-9(12)6-11)4-10(14)7-13/h3,5-6H,2,4,7H2,1H3. The van der Waals surface area contributed by atoms with E-state index < -0.39 is 0 Å². The lowest BCUT2D eigenvalue weighted by atomic mass is 10.1. The van der Waals surface area contributed by atoms with Gasteiger partial charge in [-0.2, -0.15) is 0 Å². The van der Waals surface area contributed by atoms with Crippen molar-refractivity contribution in [1.29, 1.82) is 0 Å². The van der Waals surface area contributed by atoms with Crippen LogP contribution in [0.4, 0.5) is 0 Å². The third kappa shape index (κ3) is 4.22. The normalized spacial score (nSPS) is 10.1. The molecule has 0 saturated heterocycles. The third-order valence-corrected chi connectivity index (χ3v) is 2.55. The first kappa shape index (κ1) is 12.5. The van der Waals surface area contributed by atoms with Crippen LogP contribution in [0.5, 0.6) is 5.75 Å². The molecule has 0 amide bonds. The summed E-state index contributed by atoms with van der Waals surface area (Å²) in [6.45, 7) is 2.53. The van der Waals surface area contributed by atoms with E-state index in [9.17, 15) is 4.79 Å². The number of carbonyl (C=O) groups excluding carboxylic acids is 1. The van der Waals surface area contributed by atoms with E-state index in [4.69, 9.17) is 16.3 Å². The van der Waals surface area contributed by atoms with Gasteiger partial charge < -0.3 is 4.74 Å². The van der Waals surface area contributed by atoms with Gasteiger partial charge in [-0.3, -0.25) is 4.79 Å². The Balaban J connectivity index is 2.83.